The van der Waals surface area contributed by atoms with Gasteiger partial charge in [0.25, 0.3) is 5.91 Å². The Labute approximate surface area is 238 Å². The van der Waals surface area contributed by atoms with Gasteiger partial charge in [-0.1, -0.05) is 70.0 Å². The van der Waals surface area contributed by atoms with Crippen molar-refractivity contribution in [3.63, 3.8) is 0 Å². The van der Waals surface area contributed by atoms with Gasteiger partial charge in [-0.3, -0.25) is 14.4 Å². The first kappa shape index (κ1) is 27.6. The van der Waals surface area contributed by atoms with Gasteiger partial charge in [-0.2, -0.15) is 5.10 Å². The van der Waals surface area contributed by atoms with Gasteiger partial charge in [0.15, 0.2) is 0 Å². The first-order chi connectivity index (χ1) is 18.9. The van der Waals surface area contributed by atoms with Crippen LogP contribution in [0.2, 0.25) is 5.02 Å². The molecule has 3 N–H and O–H groups in total. The highest BCUT2D eigenvalue weighted by Crippen LogP contribution is 2.23. The Kier molecular flexibility index (Phi) is 9.44. The number of carbonyl (C=O) groups is 3. The summed E-state index contributed by atoms with van der Waals surface area (Å²) in [6.07, 6.45) is 1.38. The molecule has 4 aromatic rings. The van der Waals surface area contributed by atoms with Gasteiger partial charge in [0.1, 0.15) is 12.4 Å². The van der Waals surface area contributed by atoms with E-state index in [1.54, 1.807) is 48.5 Å². The van der Waals surface area contributed by atoms with Crippen molar-refractivity contribution in [3.05, 3.63) is 123 Å². The molecule has 0 spiro atoms. The van der Waals surface area contributed by atoms with Crippen molar-refractivity contribution in [2.45, 2.75) is 6.61 Å². The van der Waals surface area contributed by atoms with Crippen molar-refractivity contribution in [1.82, 2.24) is 5.43 Å². The lowest BCUT2D eigenvalue weighted by Crippen LogP contribution is -2.33. The van der Waals surface area contributed by atoms with E-state index in [1.165, 1.54) is 18.3 Å². The summed E-state index contributed by atoms with van der Waals surface area (Å²) in [6, 6.07) is 27.9. The minimum absolute atomic E-state index is 0.164. The third-order valence-corrected chi connectivity index (χ3v) is 6.05. The normalized spacial score (nSPS) is 10.6. The summed E-state index contributed by atoms with van der Waals surface area (Å²) in [5.74, 6) is -1.93. The first-order valence-electron chi connectivity index (χ1n) is 11.7. The van der Waals surface area contributed by atoms with Crippen LogP contribution < -0.4 is 20.8 Å². The van der Waals surface area contributed by atoms with Gasteiger partial charge < -0.3 is 15.4 Å². The molecule has 8 nitrogen and oxygen atoms in total. The van der Waals surface area contributed by atoms with Crippen LogP contribution in [0.5, 0.6) is 5.75 Å². The molecule has 0 aromatic heterocycles. The molecule has 0 bridgehead atoms. The van der Waals surface area contributed by atoms with Crippen LogP contribution in [0.4, 0.5) is 11.4 Å². The van der Waals surface area contributed by atoms with Crippen molar-refractivity contribution >= 4 is 62.8 Å². The quantitative estimate of drug-likeness (QED) is 0.130. The number of hydrazone groups is 1. The molecule has 0 saturated carbocycles. The molecule has 0 radical (unpaired) electrons. The Balaban J connectivity index is 1.38. The van der Waals surface area contributed by atoms with Crippen molar-refractivity contribution in [1.29, 1.82) is 0 Å². The van der Waals surface area contributed by atoms with Crippen LogP contribution in [0.1, 0.15) is 21.5 Å². The lowest BCUT2D eigenvalue weighted by Gasteiger charge is -2.11. The predicted molar refractivity (Wildman–Crippen MR) is 155 cm³/mol. The second-order valence-corrected chi connectivity index (χ2v) is 9.47. The van der Waals surface area contributed by atoms with Crippen molar-refractivity contribution in [2.75, 3.05) is 10.6 Å². The maximum Gasteiger partial charge on any atom is 0.329 e. The second kappa shape index (κ2) is 13.4. The number of hydrogen-bond donors (Lipinski definition) is 3. The fraction of sp³-hybridized carbons (Fsp3) is 0.0345. The second-order valence-electron chi connectivity index (χ2n) is 8.12. The highest BCUT2D eigenvalue weighted by Gasteiger charge is 2.18. The Morgan fingerprint density at radius 3 is 2.33 bits per heavy atom. The number of benzene rings is 4. The zero-order valence-corrected chi connectivity index (χ0v) is 22.7. The van der Waals surface area contributed by atoms with E-state index in [4.69, 9.17) is 16.3 Å². The smallest absolute Gasteiger partial charge is 0.329 e. The highest BCUT2D eigenvalue weighted by molar-refractivity contribution is 9.10. The number of carbonyl (C=O) groups excluding carboxylic acids is 3. The third-order valence-electron chi connectivity index (χ3n) is 5.31. The number of nitrogens with zero attached hydrogens (tertiary/aromatic N) is 1. The predicted octanol–water partition coefficient (Wildman–Crippen LogP) is 6.02. The molecule has 10 heteroatoms. The molecule has 0 saturated heterocycles. The van der Waals surface area contributed by atoms with E-state index in [2.05, 4.69) is 37.1 Å². The van der Waals surface area contributed by atoms with Crippen LogP contribution in [0, 0.1) is 0 Å². The van der Waals surface area contributed by atoms with Gasteiger partial charge in [-0.15, -0.1) is 0 Å². The van der Waals surface area contributed by atoms with Crippen molar-refractivity contribution < 1.29 is 19.1 Å². The molecule has 0 aliphatic rings. The zero-order valence-electron chi connectivity index (χ0n) is 20.4. The number of halogens is 2. The fourth-order valence-corrected chi connectivity index (χ4v) is 3.90. The topological polar surface area (TPSA) is 109 Å². The summed E-state index contributed by atoms with van der Waals surface area (Å²) in [6.45, 7) is 0.350. The molecule has 0 atom stereocenters. The van der Waals surface area contributed by atoms with Gasteiger partial charge in [-0.05, 0) is 60.2 Å². The van der Waals surface area contributed by atoms with E-state index in [1.807, 2.05) is 36.4 Å². The number of ether oxygens (including phenoxy) is 1. The molecule has 3 amide bonds. The van der Waals surface area contributed by atoms with E-state index in [0.717, 1.165) is 10.0 Å². The van der Waals surface area contributed by atoms with Crippen LogP contribution in [-0.2, 0) is 16.2 Å². The molecule has 0 fully saturated rings. The number of anilines is 2. The minimum atomic E-state index is -1.01. The van der Waals surface area contributed by atoms with E-state index < -0.39 is 17.7 Å². The Bertz CT molecular complexity index is 1510. The summed E-state index contributed by atoms with van der Waals surface area (Å²) < 4.78 is 6.68. The van der Waals surface area contributed by atoms with Gasteiger partial charge in [0.2, 0.25) is 0 Å². The monoisotopic (exact) mass is 604 g/mol. The van der Waals surface area contributed by atoms with E-state index in [9.17, 15) is 14.4 Å². The molecule has 39 heavy (non-hydrogen) atoms. The van der Waals surface area contributed by atoms with Crippen LogP contribution in [0.3, 0.4) is 0 Å². The molecule has 0 aliphatic heterocycles. The minimum Gasteiger partial charge on any atom is -0.488 e. The van der Waals surface area contributed by atoms with Gasteiger partial charge in [0.05, 0.1) is 17.5 Å². The molecule has 0 unspecified atom stereocenters. The zero-order chi connectivity index (χ0) is 27.6. The highest BCUT2D eigenvalue weighted by atomic mass is 79.9. The number of para-hydroxylation sites is 1. The Hall–Kier alpha value is -4.47. The lowest BCUT2D eigenvalue weighted by molar-refractivity contribution is -0.136. The molecule has 4 rings (SSSR count). The van der Waals surface area contributed by atoms with Crippen LogP contribution in [0.25, 0.3) is 0 Å². The van der Waals surface area contributed by atoms with Gasteiger partial charge in [0, 0.05) is 20.7 Å². The van der Waals surface area contributed by atoms with Crippen LogP contribution in [-0.4, -0.2) is 23.9 Å². The molecule has 0 heterocycles. The van der Waals surface area contributed by atoms with Gasteiger partial charge in [-0.25, -0.2) is 5.43 Å². The van der Waals surface area contributed by atoms with E-state index in [0.29, 0.717) is 28.6 Å². The molecular formula is C29H22BrClN4O4. The number of nitrogens with one attached hydrogen (secondary N) is 3. The van der Waals surface area contributed by atoms with Crippen LogP contribution in [0.15, 0.2) is 107 Å². The average molecular weight is 606 g/mol. The molecule has 0 aliphatic carbocycles. The maximum absolute atomic E-state index is 12.8. The SMILES string of the molecule is O=C(N/N=C\c1cc(Br)ccc1OCc1ccccc1)C(=O)Nc1ccccc1C(=O)Nc1ccc(Cl)cc1. The standard InChI is InChI=1S/C29H22BrClN4O4/c30-21-10-15-26(39-18-19-6-2-1-3-7-19)20(16-21)17-32-35-29(38)28(37)34-25-9-5-4-8-24(25)27(36)33-23-13-11-22(31)12-14-23/h1-17H,18H2,(H,33,36)(H,34,37)(H,35,38)/b32-17-. The Morgan fingerprint density at radius 1 is 0.846 bits per heavy atom. The van der Waals surface area contributed by atoms with Crippen molar-refractivity contribution in [2.24, 2.45) is 5.10 Å². The molecular weight excluding hydrogens is 584 g/mol. The average Bonchev–Trinajstić information content (AvgIpc) is 2.94. The number of hydrogen-bond acceptors (Lipinski definition) is 5. The summed E-state index contributed by atoms with van der Waals surface area (Å²) in [4.78, 5) is 37.7. The summed E-state index contributed by atoms with van der Waals surface area (Å²) in [7, 11) is 0. The largest absolute Gasteiger partial charge is 0.488 e. The van der Waals surface area contributed by atoms with Crippen LogP contribution >= 0.6 is 27.5 Å². The lowest BCUT2D eigenvalue weighted by atomic mass is 10.1. The number of rotatable bonds is 8. The summed E-state index contributed by atoms with van der Waals surface area (Å²) in [5.41, 5.74) is 4.65. The van der Waals surface area contributed by atoms with Crippen molar-refractivity contribution in [3.8, 4) is 5.75 Å². The maximum atomic E-state index is 12.8. The summed E-state index contributed by atoms with van der Waals surface area (Å²) in [5, 5.41) is 9.62. The van der Waals surface area contributed by atoms with E-state index in [-0.39, 0.29) is 11.3 Å². The molecule has 4 aromatic carbocycles. The van der Waals surface area contributed by atoms with E-state index >= 15 is 0 Å². The number of amides is 3. The molecule has 196 valence electrons. The third kappa shape index (κ3) is 8.00. The van der Waals surface area contributed by atoms with Gasteiger partial charge >= 0.3 is 11.8 Å². The fourth-order valence-electron chi connectivity index (χ4n) is 3.40. The Morgan fingerprint density at radius 2 is 1.56 bits per heavy atom. The first-order valence-corrected chi connectivity index (χ1v) is 12.8. The summed E-state index contributed by atoms with van der Waals surface area (Å²) >= 11 is 9.29.